The molecule has 0 bridgehead atoms. The number of carbonyl (C=O) groups excluding carboxylic acids is 1. The number of aromatic nitrogens is 1. The molecule has 0 radical (unpaired) electrons. The van der Waals surface area contributed by atoms with E-state index in [0.29, 0.717) is 29.8 Å². The number of aryl methyl sites for hydroxylation is 1. The molecule has 1 heterocycles. The van der Waals surface area contributed by atoms with Crippen LogP contribution in [0.3, 0.4) is 0 Å². The number of benzene rings is 1. The Morgan fingerprint density at radius 2 is 2.04 bits per heavy atom. The van der Waals surface area contributed by atoms with Crippen molar-refractivity contribution in [2.24, 2.45) is 0 Å². The van der Waals surface area contributed by atoms with E-state index >= 15 is 0 Å². The number of carboxylic acids is 1. The lowest BCUT2D eigenvalue weighted by Crippen LogP contribution is -2.59. The van der Waals surface area contributed by atoms with E-state index in [1.165, 1.54) is 0 Å². The maximum atomic E-state index is 12.5. The molecule has 6 nitrogen and oxygen atoms in total. The SMILES string of the molecule is COc1ccc2cc(C(=O)NC3(C(=O)O)CCC3)c(C)nc2c1. The minimum atomic E-state index is -1.13. The smallest absolute Gasteiger partial charge is 0.329 e. The lowest BCUT2D eigenvalue weighted by molar-refractivity contribution is -0.148. The molecule has 1 amide bonds. The zero-order valence-corrected chi connectivity index (χ0v) is 13.0. The van der Waals surface area contributed by atoms with Gasteiger partial charge in [0.1, 0.15) is 11.3 Å². The van der Waals surface area contributed by atoms with Crippen molar-refractivity contribution in [3.8, 4) is 5.75 Å². The highest BCUT2D eigenvalue weighted by Gasteiger charge is 2.45. The number of fused-ring (bicyclic) bond motifs is 1. The summed E-state index contributed by atoms with van der Waals surface area (Å²) in [6.45, 7) is 1.74. The van der Waals surface area contributed by atoms with Crippen molar-refractivity contribution in [2.45, 2.75) is 31.7 Å². The molecular weight excluding hydrogens is 296 g/mol. The van der Waals surface area contributed by atoms with Crippen LogP contribution in [0.15, 0.2) is 24.3 Å². The Balaban J connectivity index is 1.94. The fourth-order valence-electron chi connectivity index (χ4n) is 2.81. The number of hydrogen-bond acceptors (Lipinski definition) is 4. The predicted octanol–water partition coefficient (Wildman–Crippen LogP) is 2.29. The molecule has 0 saturated heterocycles. The second kappa shape index (κ2) is 5.53. The third-order valence-corrected chi connectivity index (χ3v) is 4.43. The van der Waals surface area contributed by atoms with E-state index < -0.39 is 17.4 Å². The quantitative estimate of drug-likeness (QED) is 0.904. The van der Waals surface area contributed by atoms with Crippen LogP contribution in [0.5, 0.6) is 5.75 Å². The highest BCUT2D eigenvalue weighted by Crippen LogP contribution is 2.32. The van der Waals surface area contributed by atoms with Gasteiger partial charge in [-0.2, -0.15) is 0 Å². The molecule has 1 aromatic carbocycles. The van der Waals surface area contributed by atoms with Crippen LogP contribution >= 0.6 is 0 Å². The van der Waals surface area contributed by atoms with Crippen molar-refractivity contribution in [2.75, 3.05) is 7.11 Å². The third kappa shape index (κ3) is 2.60. The maximum absolute atomic E-state index is 12.5. The summed E-state index contributed by atoms with van der Waals surface area (Å²) in [4.78, 5) is 28.3. The molecule has 1 aromatic heterocycles. The van der Waals surface area contributed by atoms with Gasteiger partial charge in [0.2, 0.25) is 0 Å². The predicted molar refractivity (Wildman–Crippen MR) is 84.7 cm³/mol. The molecule has 0 unspecified atom stereocenters. The number of rotatable bonds is 4. The van der Waals surface area contributed by atoms with Gasteiger partial charge in [-0.3, -0.25) is 9.78 Å². The van der Waals surface area contributed by atoms with Gasteiger partial charge in [-0.25, -0.2) is 4.79 Å². The van der Waals surface area contributed by atoms with E-state index in [-0.39, 0.29) is 0 Å². The minimum Gasteiger partial charge on any atom is -0.497 e. The van der Waals surface area contributed by atoms with Gasteiger partial charge >= 0.3 is 5.97 Å². The van der Waals surface area contributed by atoms with Gasteiger partial charge in [-0.05, 0) is 44.4 Å². The molecule has 1 aliphatic rings. The fraction of sp³-hybridized carbons (Fsp3) is 0.353. The van der Waals surface area contributed by atoms with E-state index in [1.807, 2.05) is 6.07 Å². The Hall–Kier alpha value is -2.63. The summed E-state index contributed by atoms with van der Waals surface area (Å²) in [5.41, 5.74) is 0.562. The van der Waals surface area contributed by atoms with Gasteiger partial charge in [-0.15, -0.1) is 0 Å². The summed E-state index contributed by atoms with van der Waals surface area (Å²) in [7, 11) is 1.58. The number of aliphatic carboxylic acids is 1. The lowest BCUT2D eigenvalue weighted by atomic mass is 9.76. The Labute approximate surface area is 133 Å². The van der Waals surface area contributed by atoms with E-state index in [4.69, 9.17) is 4.74 Å². The molecular formula is C17H18N2O4. The van der Waals surface area contributed by atoms with Gasteiger partial charge < -0.3 is 15.2 Å². The van der Waals surface area contributed by atoms with Gasteiger partial charge in [0.25, 0.3) is 5.91 Å². The monoisotopic (exact) mass is 314 g/mol. The first-order chi connectivity index (χ1) is 10.9. The average Bonchev–Trinajstić information content (AvgIpc) is 2.48. The van der Waals surface area contributed by atoms with Gasteiger partial charge in [0, 0.05) is 11.5 Å². The first-order valence-corrected chi connectivity index (χ1v) is 7.46. The summed E-state index contributed by atoms with van der Waals surface area (Å²) in [5.74, 6) is -0.677. The molecule has 0 aliphatic heterocycles. The molecule has 6 heteroatoms. The number of carboxylic acid groups (broad SMARTS) is 1. The number of methoxy groups -OCH3 is 1. The maximum Gasteiger partial charge on any atom is 0.329 e. The molecule has 0 spiro atoms. The van der Waals surface area contributed by atoms with Crippen molar-refractivity contribution >= 4 is 22.8 Å². The Bertz CT molecular complexity index is 797. The molecule has 120 valence electrons. The number of hydrogen-bond donors (Lipinski definition) is 2. The van der Waals surface area contributed by atoms with Crippen LogP contribution in [-0.4, -0.2) is 34.6 Å². The van der Waals surface area contributed by atoms with Crippen LogP contribution < -0.4 is 10.1 Å². The van der Waals surface area contributed by atoms with Gasteiger partial charge in [-0.1, -0.05) is 0 Å². The summed E-state index contributed by atoms with van der Waals surface area (Å²) >= 11 is 0. The molecule has 0 atom stereocenters. The van der Waals surface area contributed by atoms with E-state index in [9.17, 15) is 14.7 Å². The third-order valence-electron chi connectivity index (χ3n) is 4.43. The van der Waals surface area contributed by atoms with E-state index in [0.717, 1.165) is 17.3 Å². The first-order valence-electron chi connectivity index (χ1n) is 7.46. The van der Waals surface area contributed by atoms with Crippen LogP contribution in [0.2, 0.25) is 0 Å². The molecule has 23 heavy (non-hydrogen) atoms. The van der Waals surface area contributed by atoms with Gasteiger partial charge in [0.05, 0.1) is 23.9 Å². The van der Waals surface area contributed by atoms with Crippen LogP contribution in [0.4, 0.5) is 0 Å². The molecule has 1 fully saturated rings. The van der Waals surface area contributed by atoms with E-state index in [2.05, 4.69) is 10.3 Å². The summed E-state index contributed by atoms with van der Waals surface area (Å²) in [6, 6.07) is 7.16. The first kappa shape index (κ1) is 15.3. The standard InChI is InChI=1S/C17H18N2O4/c1-10-13(15(20)19-17(16(21)22)6-3-7-17)8-11-4-5-12(23-2)9-14(11)18-10/h4-5,8-9H,3,6-7H2,1-2H3,(H,19,20)(H,21,22). The normalized spacial score (nSPS) is 15.7. The second-order valence-electron chi connectivity index (χ2n) is 5.87. The molecule has 2 aromatic rings. The number of nitrogens with zero attached hydrogens (tertiary/aromatic N) is 1. The number of ether oxygens (including phenoxy) is 1. The van der Waals surface area contributed by atoms with Crippen LogP contribution in [0, 0.1) is 6.92 Å². The van der Waals surface area contributed by atoms with Crippen LogP contribution in [-0.2, 0) is 4.79 Å². The highest BCUT2D eigenvalue weighted by atomic mass is 16.5. The molecule has 2 N–H and O–H groups in total. The Kier molecular flexibility index (Phi) is 3.67. The van der Waals surface area contributed by atoms with Crippen molar-refractivity contribution in [3.05, 3.63) is 35.5 Å². The average molecular weight is 314 g/mol. The summed E-state index contributed by atoms with van der Waals surface area (Å²) in [6.07, 6.45) is 1.73. The van der Waals surface area contributed by atoms with Crippen molar-refractivity contribution in [3.63, 3.8) is 0 Å². The number of nitrogens with one attached hydrogen (secondary N) is 1. The zero-order valence-electron chi connectivity index (χ0n) is 13.0. The summed E-state index contributed by atoms with van der Waals surface area (Å²) < 4.78 is 5.17. The van der Waals surface area contributed by atoms with Crippen molar-refractivity contribution in [1.82, 2.24) is 10.3 Å². The minimum absolute atomic E-state index is 0.394. The number of pyridine rings is 1. The van der Waals surface area contributed by atoms with Crippen LogP contribution in [0.1, 0.15) is 35.3 Å². The lowest BCUT2D eigenvalue weighted by Gasteiger charge is -2.38. The second-order valence-corrected chi connectivity index (χ2v) is 5.87. The topological polar surface area (TPSA) is 88.5 Å². The molecule has 3 rings (SSSR count). The highest BCUT2D eigenvalue weighted by molar-refractivity contribution is 6.01. The van der Waals surface area contributed by atoms with Gasteiger partial charge in [0.15, 0.2) is 0 Å². The number of amides is 1. The number of carbonyl (C=O) groups is 2. The summed E-state index contributed by atoms with van der Waals surface area (Å²) in [5, 5.41) is 12.8. The fourth-order valence-corrected chi connectivity index (χ4v) is 2.81. The van der Waals surface area contributed by atoms with Crippen molar-refractivity contribution in [1.29, 1.82) is 0 Å². The van der Waals surface area contributed by atoms with Crippen molar-refractivity contribution < 1.29 is 19.4 Å². The zero-order chi connectivity index (χ0) is 16.6. The largest absolute Gasteiger partial charge is 0.497 e. The van der Waals surface area contributed by atoms with Crippen LogP contribution in [0.25, 0.3) is 10.9 Å². The molecule has 1 aliphatic carbocycles. The Morgan fingerprint density at radius 1 is 1.30 bits per heavy atom. The Morgan fingerprint density at radius 3 is 2.61 bits per heavy atom. The molecule has 1 saturated carbocycles. The van der Waals surface area contributed by atoms with E-state index in [1.54, 1.807) is 32.2 Å².